The van der Waals surface area contributed by atoms with E-state index in [-0.39, 0.29) is 23.3 Å². The zero-order chi connectivity index (χ0) is 19.4. The van der Waals surface area contributed by atoms with E-state index in [1.165, 1.54) is 4.31 Å². The van der Waals surface area contributed by atoms with Gasteiger partial charge in [0.2, 0.25) is 15.9 Å². The van der Waals surface area contributed by atoms with Gasteiger partial charge in [0.15, 0.2) is 4.77 Å². The zero-order valence-electron chi connectivity index (χ0n) is 15.1. The van der Waals surface area contributed by atoms with E-state index in [1.807, 2.05) is 7.05 Å². The Kier molecular flexibility index (Phi) is 6.08. The summed E-state index contributed by atoms with van der Waals surface area (Å²) >= 11 is 5.06. The molecule has 1 unspecified atom stereocenters. The number of benzene rings is 1. The quantitative estimate of drug-likeness (QED) is 0.699. The fraction of sp³-hybridized carbons (Fsp3) is 0.471. The van der Waals surface area contributed by atoms with Crippen LogP contribution in [0, 0.1) is 10.7 Å². The highest BCUT2D eigenvalue weighted by Crippen LogP contribution is 2.23. The van der Waals surface area contributed by atoms with E-state index in [1.54, 1.807) is 34.9 Å². The van der Waals surface area contributed by atoms with Crippen molar-refractivity contribution in [3.63, 3.8) is 0 Å². The summed E-state index contributed by atoms with van der Waals surface area (Å²) in [5.74, 6) is 0.289. The number of aromatic amines is 1. The van der Waals surface area contributed by atoms with Crippen LogP contribution in [0.5, 0.6) is 0 Å². The number of hydrogen-bond donors (Lipinski definition) is 2. The first kappa shape index (κ1) is 19.7. The van der Waals surface area contributed by atoms with Gasteiger partial charge in [-0.1, -0.05) is 18.2 Å². The summed E-state index contributed by atoms with van der Waals surface area (Å²) in [6.07, 6.45) is 1.89. The summed E-state index contributed by atoms with van der Waals surface area (Å²) < 4.78 is 29.2. The topological polar surface area (TPSA) is 100 Å². The molecule has 146 valence electrons. The van der Waals surface area contributed by atoms with E-state index in [2.05, 4.69) is 15.5 Å². The van der Waals surface area contributed by atoms with Crippen molar-refractivity contribution >= 4 is 28.1 Å². The molecule has 2 aromatic rings. The van der Waals surface area contributed by atoms with Crippen molar-refractivity contribution in [2.24, 2.45) is 13.0 Å². The zero-order valence-corrected chi connectivity index (χ0v) is 16.7. The number of aromatic nitrogens is 3. The summed E-state index contributed by atoms with van der Waals surface area (Å²) in [6.45, 7) is 1.06. The van der Waals surface area contributed by atoms with Crippen LogP contribution in [0.2, 0.25) is 0 Å². The summed E-state index contributed by atoms with van der Waals surface area (Å²) in [6, 6.07) is 8.33. The molecule has 0 spiro atoms. The molecule has 1 fully saturated rings. The highest BCUT2D eigenvalue weighted by molar-refractivity contribution is 7.89. The van der Waals surface area contributed by atoms with Crippen molar-refractivity contribution in [3.8, 4) is 0 Å². The van der Waals surface area contributed by atoms with Crippen molar-refractivity contribution in [1.29, 1.82) is 0 Å². The third kappa shape index (κ3) is 4.45. The third-order valence-corrected chi connectivity index (χ3v) is 7.00. The standard InChI is InChI=1S/C17H23N5O3S2/c1-21-15(19-20-17(21)26)9-10-18-16(23)13-6-5-11-22(12-13)27(24,25)14-7-3-2-4-8-14/h2-4,7-8,13H,5-6,9-12H2,1H3,(H,18,23)(H,20,26). The van der Waals surface area contributed by atoms with Crippen molar-refractivity contribution in [2.75, 3.05) is 19.6 Å². The smallest absolute Gasteiger partial charge is 0.243 e. The van der Waals surface area contributed by atoms with Gasteiger partial charge in [-0.2, -0.15) is 9.40 Å². The highest BCUT2D eigenvalue weighted by atomic mass is 32.2. The number of nitrogens with one attached hydrogen (secondary N) is 2. The molecule has 8 nitrogen and oxygen atoms in total. The van der Waals surface area contributed by atoms with Crippen LogP contribution in [-0.2, 0) is 28.3 Å². The van der Waals surface area contributed by atoms with Gasteiger partial charge in [0.25, 0.3) is 0 Å². The molecule has 0 bridgehead atoms. The van der Waals surface area contributed by atoms with Crippen molar-refractivity contribution in [1.82, 2.24) is 24.4 Å². The first-order valence-corrected chi connectivity index (χ1v) is 10.7. The molecule has 0 aliphatic carbocycles. The molecular weight excluding hydrogens is 386 g/mol. The van der Waals surface area contributed by atoms with Crippen LogP contribution in [0.15, 0.2) is 35.2 Å². The number of carbonyl (C=O) groups excluding carboxylic acids is 1. The number of amides is 1. The molecule has 1 atom stereocenters. The van der Waals surface area contributed by atoms with Crippen LogP contribution in [0.3, 0.4) is 0 Å². The number of H-pyrrole nitrogens is 1. The number of hydrogen-bond acceptors (Lipinski definition) is 5. The predicted molar refractivity (Wildman–Crippen MR) is 103 cm³/mol. The van der Waals surface area contributed by atoms with Gasteiger partial charge in [0, 0.05) is 33.1 Å². The van der Waals surface area contributed by atoms with Gasteiger partial charge in [0.05, 0.1) is 10.8 Å². The van der Waals surface area contributed by atoms with E-state index in [0.717, 1.165) is 5.82 Å². The van der Waals surface area contributed by atoms with Gasteiger partial charge in [-0.05, 0) is 37.2 Å². The summed E-state index contributed by atoms with van der Waals surface area (Å²) in [7, 11) is -1.75. The van der Waals surface area contributed by atoms with Gasteiger partial charge >= 0.3 is 0 Å². The Hall–Kier alpha value is -2.04. The fourth-order valence-corrected chi connectivity index (χ4v) is 4.86. The lowest BCUT2D eigenvalue weighted by atomic mass is 9.99. The van der Waals surface area contributed by atoms with Crippen molar-refractivity contribution in [3.05, 3.63) is 40.9 Å². The maximum absolute atomic E-state index is 12.8. The second-order valence-electron chi connectivity index (χ2n) is 6.56. The van der Waals surface area contributed by atoms with Crippen LogP contribution in [0.25, 0.3) is 0 Å². The molecule has 3 rings (SSSR count). The number of carbonyl (C=O) groups is 1. The Morgan fingerprint density at radius 2 is 2.11 bits per heavy atom. The monoisotopic (exact) mass is 409 g/mol. The number of nitrogens with zero attached hydrogens (tertiary/aromatic N) is 3. The molecule has 1 aliphatic heterocycles. The van der Waals surface area contributed by atoms with E-state index in [0.29, 0.717) is 37.1 Å². The second kappa shape index (κ2) is 8.32. The number of rotatable bonds is 6. The average Bonchev–Trinajstić information content (AvgIpc) is 3.01. The van der Waals surface area contributed by atoms with Crippen molar-refractivity contribution < 1.29 is 13.2 Å². The highest BCUT2D eigenvalue weighted by Gasteiger charge is 2.33. The van der Waals surface area contributed by atoms with Gasteiger partial charge in [-0.3, -0.25) is 9.89 Å². The molecule has 1 aromatic heterocycles. The van der Waals surface area contributed by atoms with Crippen molar-refractivity contribution in [2.45, 2.75) is 24.2 Å². The predicted octanol–water partition coefficient (Wildman–Crippen LogP) is 1.24. The molecular formula is C17H23N5O3S2. The van der Waals surface area contributed by atoms with Crippen LogP contribution in [0.4, 0.5) is 0 Å². The van der Waals surface area contributed by atoms with Crippen LogP contribution in [-0.4, -0.2) is 53.0 Å². The van der Waals surface area contributed by atoms with Crippen LogP contribution in [0.1, 0.15) is 18.7 Å². The Morgan fingerprint density at radius 1 is 1.37 bits per heavy atom. The summed E-state index contributed by atoms with van der Waals surface area (Å²) in [5.41, 5.74) is 0. The Balaban J connectivity index is 1.58. The minimum Gasteiger partial charge on any atom is -0.355 e. The lowest BCUT2D eigenvalue weighted by Crippen LogP contribution is -2.45. The molecule has 0 radical (unpaired) electrons. The lowest BCUT2D eigenvalue weighted by molar-refractivity contribution is -0.126. The summed E-state index contributed by atoms with van der Waals surface area (Å²) in [5, 5.41) is 9.70. The first-order valence-electron chi connectivity index (χ1n) is 8.83. The Morgan fingerprint density at radius 3 is 2.78 bits per heavy atom. The first-order chi connectivity index (χ1) is 12.9. The normalized spacial score (nSPS) is 18.3. The van der Waals surface area contributed by atoms with Gasteiger partial charge in [0.1, 0.15) is 5.82 Å². The SMILES string of the molecule is Cn1c(CCNC(=O)C2CCCN(S(=O)(=O)c3ccccc3)C2)n[nH]c1=S. The molecule has 2 N–H and O–H groups in total. The lowest BCUT2D eigenvalue weighted by Gasteiger charge is -2.31. The largest absolute Gasteiger partial charge is 0.355 e. The fourth-order valence-electron chi connectivity index (χ4n) is 3.16. The van der Waals surface area contributed by atoms with Crippen LogP contribution < -0.4 is 5.32 Å². The Bertz CT molecular complexity index is 952. The molecule has 2 heterocycles. The maximum atomic E-state index is 12.8. The number of piperidine rings is 1. The molecule has 1 aliphatic rings. The minimum absolute atomic E-state index is 0.125. The molecule has 10 heteroatoms. The maximum Gasteiger partial charge on any atom is 0.243 e. The summed E-state index contributed by atoms with van der Waals surface area (Å²) in [4.78, 5) is 12.8. The van der Waals surface area contributed by atoms with E-state index in [9.17, 15) is 13.2 Å². The van der Waals surface area contributed by atoms with E-state index < -0.39 is 10.0 Å². The molecule has 1 aromatic carbocycles. The number of sulfonamides is 1. The second-order valence-corrected chi connectivity index (χ2v) is 8.88. The molecule has 1 saturated heterocycles. The van der Waals surface area contributed by atoms with E-state index in [4.69, 9.17) is 12.2 Å². The average molecular weight is 410 g/mol. The third-order valence-electron chi connectivity index (χ3n) is 4.76. The van der Waals surface area contributed by atoms with Crippen LogP contribution >= 0.6 is 12.2 Å². The van der Waals surface area contributed by atoms with Gasteiger partial charge < -0.3 is 9.88 Å². The minimum atomic E-state index is -3.57. The molecule has 1 amide bonds. The van der Waals surface area contributed by atoms with Gasteiger partial charge in [-0.25, -0.2) is 8.42 Å². The molecule has 27 heavy (non-hydrogen) atoms. The van der Waals surface area contributed by atoms with Gasteiger partial charge in [-0.15, -0.1) is 0 Å². The van der Waals surface area contributed by atoms with E-state index >= 15 is 0 Å². The molecule has 0 saturated carbocycles. The Labute approximate surface area is 163 Å².